The number of aromatic nitrogens is 4. The monoisotopic (exact) mass is 433 g/mol. The summed E-state index contributed by atoms with van der Waals surface area (Å²) < 4.78 is 15.8. The van der Waals surface area contributed by atoms with E-state index in [1.54, 1.807) is 10.5 Å². The highest BCUT2D eigenvalue weighted by atomic mass is 32.2. The number of fused-ring (bicyclic) bond motifs is 1. The van der Waals surface area contributed by atoms with Gasteiger partial charge in [-0.2, -0.15) is 0 Å². The van der Waals surface area contributed by atoms with Crippen molar-refractivity contribution >= 4 is 50.4 Å². The van der Waals surface area contributed by atoms with Gasteiger partial charge in [0.2, 0.25) is 5.13 Å². The van der Waals surface area contributed by atoms with Gasteiger partial charge in [0.1, 0.15) is 5.82 Å². The number of halogens is 1. The van der Waals surface area contributed by atoms with Gasteiger partial charge in [-0.15, -0.1) is 21.5 Å². The van der Waals surface area contributed by atoms with Crippen LogP contribution in [0, 0.1) is 12.7 Å². The Hall–Kier alpha value is -2.63. The molecule has 4 aromatic rings. The summed E-state index contributed by atoms with van der Waals surface area (Å²) in [6.45, 7) is 1.86. The van der Waals surface area contributed by atoms with E-state index in [1.165, 1.54) is 58.7 Å². The van der Waals surface area contributed by atoms with E-state index >= 15 is 0 Å². The number of benzene rings is 1. The Kier molecular flexibility index (Phi) is 5.20. The van der Waals surface area contributed by atoms with Crippen LogP contribution in [0.15, 0.2) is 44.8 Å². The maximum Gasteiger partial charge on any atom is 0.260 e. The number of thiazole rings is 1. The van der Waals surface area contributed by atoms with Gasteiger partial charge in [-0.3, -0.25) is 19.3 Å². The third kappa shape index (κ3) is 3.81. The Bertz CT molecular complexity index is 1230. The Labute approximate surface area is 170 Å². The highest BCUT2D eigenvalue weighted by Crippen LogP contribution is 2.28. The van der Waals surface area contributed by atoms with Crippen LogP contribution in [-0.4, -0.2) is 25.5 Å². The summed E-state index contributed by atoms with van der Waals surface area (Å²) in [4.78, 5) is 29.5. The lowest BCUT2D eigenvalue weighted by atomic mass is 10.2. The Morgan fingerprint density at radius 1 is 1.32 bits per heavy atom. The first kappa shape index (κ1) is 18.7. The van der Waals surface area contributed by atoms with Crippen molar-refractivity contribution in [3.8, 4) is 0 Å². The number of rotatable bonds is 5. The fourth-order valence-corrected chi connectivity index (χ4v) is 4.97. The highest BCUT2D eigenvalue weighted by Gasteiger charge is 2.14. The fraction of sp³-hybridized carbons (Fsp3) is 0.118. The van der Waals surface area contributed by atoms with E-state index in [0.717, 1.165) is 5.69 Å². The molecule has 0 aliphatic carbocycles. The van der Waals surface area contributed by atoms with Gasteiger partial charge in [0.25, 0.3) is 11.5 Å². The van der Waals surface area contributed by atoms with E-state index in [9.17, 15) is 14.0 Å². The molecule has 0 spiro atoms. The third-order valence-corrected chi connectivity index (χ3v) is 6.67. The molecule has 0 saturated carbocycles. The quantitative estimate of drug-likeness (QED) is 0.382. The summed E-state index contributed by atoms with van der Waals surface area (Å²) in [6.07, 6.45) is 0. The van der Waals surface area contributed by atoms with Gasteiger partial charge >= 0.3 is 0 Å². The molecule has 0 aliphatic heterocycles. The van der Waals surface area contributed by atoms with Gasteiger partial charge in [0.05, 0.1) is 11.3 Å². The number of anilines is 1. The van der Waals surface area contributed by atoms with E-state index in [1.807, 2.05) is 12.3 Å². The Balaban J connectivity index is 1.43. The van der Waals surface area contributed by atoms with Crippen molar-refractivity contribution in [2.24, 2.45) is 0 Å². The normalized spacial score (nSPS) is 11.1. The molecule has 0 unspecified atom stereocenters. The molecule has 0 radical (unpaired) electrons. The molecule has 0 atom stereocenters. The van der Waals surface area contributed by atoms with Crippen molar-refractivity contribution in [2.45, 2.75) is 17.0 Å². The van der Waals surface area contributed by atoms with Crippen LogP contribution in [0.5, 0.6) is 0 Å². The molecule has 3 heterocycles. The molecular weight excluding hydrogens is 421 g/mol. The number of hydrogen-bond donors (Lipinski definition) is 1. The number of carbonyl (C=O) groups is 1. The summed E-state index contributed by atoms with van der Waals surface area (Å²) in [7, 11) is 0. The fourth-order valence-electron chi connectivity index (χ4n) is 2.44. The predicted molar refractivity (Wildman–Crippen MR) is 108 cm³/mol. The second kappa shape index (κ2) is 7.78. The zero-order valence-corrected chi connectivity index (χ0v) is 16.8. The third-order valence-electron chi connectivity index (χ3n) is 3.72. The molecule has 1 N–H and O–H groups in total. The van der Waals surface area contributed by atoms with E-state index in [-0.39, 0.29) is 16.3 Å². The topological polar surface area (TPSA) is 89.2 Å². The summed E-state index contributed by atoms with van der Waals surface area (Å²) >= 11 is 3.94. The zero-order chi connectivity index (χ0) is 19.7. The lowest BCUT2D eigenvalue weighted by molar-refractivity contribution is 0.102. The molecule has 3 aromatic heterocycles. The number of hydrogen-bond acceptors (Lipinski definition) is 8. The van der Waals surface area contributed by atoms with E-state index < -0.39 is 11.7 Å². The molecule has 0 fully saturated rings. The molecule has 0 saturated heterocycles. The van der Waals surface area contributed by atoms with Gasteiger partial charge in [-0.1, -0.05) is 35.2 Å². The van der Waals surface area contributed by atoms with Gasteiger partial charge in [0.15, 0.2) is 9.30 Å². The predicted octanol–water partition coefficient (Wildman–Crippen LogP) is 3.60. The molecule has 1 amide bonds. The van der Waals surface area contributed by atoms with Crippen molar-refractivity contribution in [3.05, 3.63) is 68.8 Å². The lowest BCUT2D eigenvalue weighted by Gasteiger charge is -2.01. The van der Waals surface area contributed by atoms with Gasteiger partial charge in [-0.05, 0) is 19.1 Å². The number of nitrogens with zero attached hydrogens (tertiary/aromatic N) is 4. The van der Waals surface area contributed by atoms with Crippen LogP contribution in [-0.2, 0) is 5.75 Å². The molecule has 11 heteroatoms. The standard InChI is InChI=1S/C17H12FN5O2S3/c1-9-7-26-16-19-10(6-13(24)23(9)16)8-27-17-22-21-15(28-17)20-14(25)11-4-2-3-5-12(11)18/h2-7H,8H2,1H3,(H,20,21,25). The minimum Gasteiger partial charge on any atom is -0.296 e. The van der Waals surface area contributed by atoms with Crippen LogP contribution in [0.25, 0.3) is 4.96 Å². The Morgan fingerprint density at radius 3 is 2.96 bits per heavy atom. The van der Waals surface area contributed by atoms with Crippen molar-refractivity contribution in [1.82, 2.24) is 19.6 Å². The van der Waals surface area contributed by atoms with E-state index in [0.29, 0.717) is 20.7 Å². The number of carbonyl (C=O) groups excluding carboxylic acids is 1. The molecule has 7 nitrogen and oxygen atoms in total. The molecule has 1 aromatic carbocycles. The van der Waals surface area contributed by atoms with Crippen LogP contribution in [0.1, 0.15) is 21.7 Å². The molecule has 28 heavy (non-hydrogen) atoms. The second-order valence-corrected chi connectivity index (χ2v) is 8.71. The summed E-state index contributed by atoms with van der Waals surface area (Å²) in [5, 5.41) is 12.6. The lowest BCUT2D eigenvalue weighted by Crippen LogP contribution is -2.14. The average Bonchev–Trinajstić information content (AvgIpc) is 3.27. The second-order valence-electron chi connectivity index (χ2n) is 5.68. The number of nitrogens with one attached hydrogen (secondary N) is 1. The minimum absolute atomic E-state index is 0.0591. The summed E-state index contributed by atoms with van der Waals surface area (Å²) in [5.41, 5.74) is 1.32. The van der Waals surface area contributed by atoms with E-state index in [2.05, 4.69) is 20.5 Å². The van der Waals surface area contributed by atoms with Gasteiger partial charge in [-0.25, -0.2) is 9.37 Å². The van der Waals surface area contributed by atoms with Crippen LogP contribution in [0.3, 0.4) is 0 Å². The van der Waals surface area contributed by atoms with Gasteiger partial charge < -0.3 is 0 Å². The van der Waals surface area contributed by atoms with Crippen molar-refractivity contribution < 1.29 is 9.18 Å². The molecule has 4 rings (SSSR count). The van der Waals surface area contributed by atoms with Crippen molar-refractivity contribution in [3.63, 3.8) is 0 Å². The van der Waals surface area contributed by atoms with Crippen LogP contribution < -0.4 is 10.9 Å². The smallest absolute Gasteiger partial charge is 0.260 e. The van der Waals surface area contributed by atoms with E-state index in [4.69, 9.17) is 0 Å². The van der Waals surface area contributed by atoms with Gasteiger partial charge in [0, 0.05) is 22.9 Å². The van der Waals surface area contributed by atoms with Crippen LogP contribution >= 0.6 is 34.4 Å². The van der Waals surface area contributed by atoms with Crippen LogP contribution in [0.2, 0.25) is 0 Å². The highest BCUT2D eigenvalue weighted by molar-refractivity contribution is 8.00. The number of aryl methyl sites for hydroxylation is 1. The largest absolute Gasteiger partial charge is 0.296 e. The number of amides is 1. The first-order valence-corrected chi connectivity index (χ1v) is 10.7. The zero-order valence-electron chi connectivity index (χ0n) is 14.4. The number of thioether (sulfide) groups is 1. The Morgan fingerprint density at radius 2 is 2.14 bits per heavy atom. The van der Waals surface area contributed by atoms with Crippen molar-refractivity contribution in [2.75, 3.05) is 5.32 Å². The first-order chi connectivity index (χ1) is 13.5. The first-order valence-electron chi connectivity index (χ1n) is 8.00. The molecule has 0 bridgehead atoms. The summed E-state index contributed by atoms with van der Waals surface area (Å²) in [5.74, 6) is -0.742. The van der Waals surface area contributed by atoms with Crippen LogP contribution in [0.4, 0.5) is 9.52 Å². The van der Waals surface area contributed by atoms with Crippen molar-refractivity contribution in [1.29, 1.82) is 0 Å². The maximum atomic E-state index is 13.7. The average molecular weight is 434 g/mol. The molecule has 0 aliphatic rings. The maximum absolute atomic E-state index is 13.7. The molecular formula is C17H12FN5O2S3. The SMILES string of the molecule is Cc1csc2nc(CSc3nnc(NC(=O)c4ccccc4F)s3)cc(=O)n12. The minimum atomic E-state index is -0.601. The molecule has 142 valence electrons. The summed E-state index contributed by atoms with van der Waals surface area (Å²) in [6, 6.07) is 7.22.